The Balaban J connectivity index is 3.67. The molecule has 0 radical (unpaired) electrons. The second-order valence-corrected chi connectivity index (χ2v) is 9.90. The van der Waals surface area contributed by atoms with Gasteiger partial charge < -0.3 is 4.74 Å². The highest BCUT2D eigenvalue weighted by molar-refractivity contribution is 5.69. The molecule has 0 aliphatic rings. The zero-order valence-electron chi connectivity index (χ0n) is 20.7. The van der Waals surface area contributed by atoms with E-state index in [1.54, 1.807) is 0 Å². The van der Waals surface area contributed by atoms with Crippen LogP contribution in [0, 0.1) is 17.8 Å². The Kier molecular flexibility index (Phi) is 18.7. The zero-order chi connectivity index (χ0) is 21.9. The first-order chi connectivity index (χ1) is 13.8. The Bertz CT molecular complexity index is 411. The maximum absolute atomic E-state index is 11.7. The quantitative estimate of drug-likeness (QED) is 0.121. The number of ether oxygens (including phenoxy) is 1. The van der Waals surface area contributed by atoms with Crippen LogP contribution in [0.15, 0.2) is 11.6 Å². The second kappa shape index (κ2) is 19.2. The molecule has 0 aromatic rings. The molecule has 2 nitrogen and oxygen atoms in total. The lowest BCUT2D eigenvalue weighted by Gasteiger charge is -2.15. The van der Waals surface area contributed by atoms with Gasteiger partial charge in [-0.25, -0.2) is 0 Å². The van der Waals surface area contributed by atoms with Gasteiger partial charge in [-0.15, -0.1) is 0 Å². The predicted molar refractivity (Wildman–Crippen MR) is 128 cm³/mol. The second-order valence-electron chi connectivity index (χ2n) is 9.90. The summed E-state index contributed by atoms with van der Waals surface area (Å²) in [6.45, 7) is 14.3. The molecule has 0 amide bonds. The van der Waals surface area contributed by atoms with E-state index in [1.165, 1.54) is 69.8 Å². The normalized spacial score (nSPS) is 14.2. The molecule has 0 aliphatic carbocycles. The minimum absolute atomic E-state index is 0.0443. The fourth-order valence-electron chi connectivity index (χ4n) is 3.85. The average Bonchev–Trinajstić information content (AvgIpc) is 2.65. The van der Waals surface area contributed by atoms with Gasteiger partial charge in [0.15, 0.2) is 0 Å². The van der Waals surface area contributed by atoms with Gasteiger partial charge in [0.2, 0.25) is 0 Å². The van der Waals surface area contributed by atoms with Crippen molar-refractivity contribution in [3.05, 3.63) is 11.6 Å². The molecule has 2 heteroatoms. The van der Waals surface area contributed by atoms with Crippen molar-refractivity contribution in [3.8, 4) is 0 Å². The first-order valence-corrected chi connectivity index (χ1v) is 12.7. The van der Waals surface area contributed by atoms with Gasteiger partial charge in [-0.3, -0.25) is 4.79 Å². The van der Waals surface area contributed by atoms with Crippen LogP contribution in [-0.2, 0) is 9.53 Å². The van der Waals surface area contributed by atoms with E-state index in [1.807, 2.05) is 0 Å². The van der Waals surface area contributed by atoms with Crippen molar-refractivity contribution < 1.29 is 9.53 Å². The number of carbonyl (C=O) groups excluding carboxylic acids is 1. The van der Waals surface area contributed by atoms with E-state index in [4.69, 9.17) is 4.74 Å². The number of allylic oxidation sites excluding steroid dienone is 1. The predicted octanol–water partition coefficient (Wildman–Crippen LogP) is 8.89. The molecule has 2 atom stereocenters. The van der Waals surface area contributed by atoms with Crippen LogP contribution in [0.3, 0.4) is 0 Å². The van der Waals surface area contributed by atoms with Crippen LogP contribution < -0.4 is 0 Å². The first kappa shape index (κ1) is 28.2. The van der Waals surface area contributed by atoms with Gasteiger partial charge in [0.05, 0.1) is 0 Å². The van der Waals surface area contributed by atoms with Gasteiger partial charge in [-0.05, 0) is 50.0 Å². The SMILES string of the molecule is CCCCCCC(=O)OC/C=C(\C)CCC[C@H](C)CCC[C@H](C)CCCC(C)C. The third kappa shape index (κ3) is 20.3. The monoisotopic (exact) mass is 408 g/mol. The van der Waals surface area contributed by atoms with Gasteiger partial charge in [-0.1, -0.05) is 104 Å². The molecule has 29 heavy (non-hydrogen) atoms. The third-order valence-electron chi connectivity index (χ3n) is 6.05. The van der Waals surface area contributed by atoms with Crippen LogP contribution in [0.1, 0.15) is 131 Å². The molecule has 0 aromatic carbocycles. The van der Waals surface area contributed by atoms with E-state index >= 15 is 0 Å². The standard InChI is InChI=1S/C27H52O2/c1-7-8-9-10-20-27(28)29-22-21-26(6)19-13-18-25(5)17-12-16-24(4)15-11-14-23(2)3/h21,23-25H,7-20,22H2,1-6H3/b26-21+/t24-,25-/m1/s1. The lowest BCUT2D eigenvalue weighted by Crippen LogP contribution is -2.04. The molecule has 0 aromatic heterocycles. The van der Waals surface area contributed by atoms with E-state index < -0.39 is 0 Å². The van der Waals surface area contributed by atoms with Crippen LogP contribution in [0.4, 0.5) is 0 Å². The van der Waals surface area contributed by atoms with Crippen molar-refractivity contribution in [2.75, 3.05) is 6.61 Å². The number of carbonyl (C=O) groups is 1. The Hall–Kier alpha value is -0.790. The molecule has 0 spiro atoms. The lowest BCUT2D eigenvalue weighted by molar-refractivity contribution is -0.142. The minimum atomic E-state index is -0.0443. The van der Waals surface area contributed by atoms with Crippen LogP contribution in [0.2, 0.25) is 0 Å². The van der Waals surface area contributed by atoms with E-state index in [9.17, 15) is 4.79 Å². The molecule has 0 saturated carbocycles. The number of rotatable bonds is 19. The molecule has 0 fully saturated rings. The van der Waals surface area contributed by atoms with Crippen molar-refractivity contribution in [2.45, 2.75) is 131 Å². The summed E-state index contributed by atoms with van der Waals surface area (Å²) in [6, 6.07) is 0. The highest BCUT2D eigenvalue weighted by Gasteiger charge is 2.07. The molecule has 0 heterocycles. The third-order valence-corrected chi connectivity index (χ3v) is 6.05. The highest BCUT2D eigenvalue weighted by atomic mass is 16.5. The molecule has 172 valence electrons. The Morgan fingerprint density at radius 3 is 1.93 bits per heavy atom. The van der Waals surface area contributed by atoms with E-state index in [-0.39, 0.29) is 5.97 Å². The molecule has 0 aliphatic heterocycles. The fourth-order valence-corrected chi connectivity index (χ4v) is 3.85. The fraction of sp³-hybridized carbons (Fsp3) is 0.889. The summed E-state index contributed by atoms with van der Waals surface area (Å²) >= 11 is 0. The van der Waals surface area contributed by atoms with Crippen molar-refractivity contribution in [2.24, 2.45) is 17.8 Å². The number of hydrogen-bond donors (Lipinski definition) is 0. The Labute approximate surface area is 183 Å². The van der Waals surface area contributed by atoms with Crippen molar-refractivity contribution >= 4 is 5.97 Å². The van der Waals surface area contributed by atoms with Gasteiger partial charge >= 0.3 is 5.97 Å². The van der Waals surface area contributed by atoms with Gasteiger partial charge in [0.1, 0.15) is 6.61 Å². The molecule has 0 unspecified atom stereocenters. The first-order valence-electron chi connectivity index (χ1n) is 12.7. The Morgan fingerprint density at radius 1 is 0.759 bits per heavy atom. The maximum Gasteiger partial charge on any atom is 0.306 e. The van der Waals surface area contributed by atoms with Gasteiger partial charge in [-0.2, -0.15) is 0 Å². The maximum atomic E-state index is 11.7. The van der Waals surface area contributed by atoms with Crippen LogP contribution in [0.25, 0.3) is 0 Å². The largest absolute Gasteiger partial charge is 0.461 e. The topological polar surface area (TPSA) is 26.3 Å². The van der Waals surface area contributed by atoms with E-state index in [2.05, 4.69) is 47.6 Å². The van der Waals surface area contributed by atoms with Crippen LogP contribution in [0.5, 0.6) is 0 Å². The number of unbranched alkanes of at least 4 members (excludes halogenated alkanes) is 3. The summed E-state index contributed by atoms with van der Waals surface area (Å²) in [4.78, 5) is 11.7. The summed E-state index contributed by atoms with van der Waals surface area (Å²) in [6.07, 6.45) is 19.2. The summed E-state index contributed by atoms with van der Waals surface area (Å²) in [5, 5.41) is 0. The molecular weight excluding hydrogens is 356 g/mol. The van der Waals surface area contributed by atoms with Gasteiger partial charge in [0, 0.05) is 6.42 Å². The molecular formula is C27H52O2. The molecule has 0 saturated heterocycles. The average molecular weight is 409 g/mol. The summed E-state index contributed by atoms with van der Waals surface area (Å²) in [5.74, 6) is 2.52. The van der Waals surface area contributed by atoms with Crippen LogP contribution >= 0.6 is 0 Å². The number of hydrogen-bond acceptors (Lipinski definition) is 2. The Morgan fingerprint density at radius 2 is 1.34 bits per heavy atom. The van der Waals surface area contributed by atoms with Crippen molar-refractivity contribution in [1.82, 2.24) is 0 Å². The highest BCUT2D eigenvalue weighted by Crippen LogP contribution is 2.22. The minimum Gasteiger partial charge on any atom is -0.461 e. The van der Waals surface area contributed by atoms with Crippen molar-refractivity contribution in [3.63, 3.8) is 0 Å². The zero-order valence-corrected chi connectivity index (χ0v) is 20.7. The molecule has 0 N–H and O–H groups in total. The van der Waals surface area contributed by atoms with Gasteiger partial charge in [0.25, 0.3) is 0 Å². The molecule has 0 rings (SSSR count). The summed E-state index contributed by atoms with van der Waals surface area (Å²) in [7, 11) is 0. The summed E-state index contributed by atoms with van der Waals surface area (Å²) in [5.41, 5.74) is 1.36. The number of esters is 1. The van der Waals surface area contributed by atoms with E-state index in [0.717, 1.165) is 37.0 Å². The summed E-state index contributed by atoms with van der Waals surface area (Å²) < 4.78 is 5.32. The lowest BCUT2D eigenvalue weighted by atomic mass is 9.91. The smallest absolute Gasteiger partial charge is 0.306 e. The molecule has 0 bridgehead atoms. The van der Waals surface area contributed by atoms with Crippen LogP contribution in [-0.4, -0.2) is 12.6 Å². The van der Waals surface area contributed by atoms with Crippen molar-refractivity contribution in [1.29, 1.82) is 0 Å². The van der Waals surface area contributed by atoms with E-state index in [0.29, 0.717) is 13.0 Å².